The van der Waals surface area contributed by atoms with E-state index in [2.05, 4.69) is 34.1 Å². The molecular weight excluding hydrogens is 480 g/mol. The number of ether oxygens (including phenoxy) is 2. The van der Waals surface area contributed by atoms with Crippen molar-refractivity contribution in [1.29, 1.82) is 0 Å². The van der Waals surface area contributed by atoms with Crippen molar-refractivity contribution in [3.05, 3.63) is 69.6 Å². The minimum absolute atomic E-state index is 0.0240. The molecule has 1 N–H and O–H groups in total. The first-order valence-corrected chi connectivity index (χ1v) is 13.6. The van der Waals surface area contributed by atoms with Crippen LogP contribution < -0.4 is 10.7 Å². The molecule has 5 rings (SSSR count). The van der Waals surface area contributed by atoms with E-state index in [-0.39, 0.29) is 23.5 Å². The van der Waals surface area contributed by atoms with Crippen molar-refractivity contribution in [1.82, 2.24) is 14.5 Å². The van der Waals surface area contributed by atoms with E-state index in [1.807, 2.05) is 33.0 Å². The Balaban J connectivity index is 1.37. The molecular formula is C30H38N4O4. The molecule has 38 heavy (non-hydrogen) atoms. The smallest absolute Gasteiger partial charge is 0.410 e. The molecule has 1 amide bonds. The summed E-state index contributed by atoms with van der Waals surface area (Å²) in [7, 11) is 1.68. The second-order valence-corrected chi connectivity index (χ2v) is 11.4. The van der Waals surface area contributed by atoms with Crippen LogP contribution in [0, 0.1) is 0 Å². The molecule has 1 saturated heterocycles. The molecule has 3 aromatic rings. The third-order valence-corrected chi connectivity index (χ3v) is 7.48. The number of anilines is 1. The molecule has 1 fully saturated rings. The van der Waals surface area contributed by atoms with Crippen molar-refractivity contribution in [3.63, 3.8) is 0 Å². The van der Waals surface area contributed by atoms with Crippen LogP contribution in [0.4, 0.5) is 10.5 Å². The predicted octanol–water partition coefficient (Wildman–Crippen LogP) is 4.74. The van der Waals surface area contributed by atoms with Crippen LogP contribution in [-0.4, -0.2) is 59.0 Å². The molecule has 0 unspecified atom stereocenters. The summed E-state index contributed by atoms with van der Waals surface area (Å²) in [5.41, 5.74) is 4.72. The van der Waals surface area contributed by atoms with Gasteiger partial charge in [-0.05, 0) is 63.6 Å². The number of benzene rings is 1. The number of pyridine rings is 2. The molecule has 2 aromatic heterocycles. The number of nitrogens with one attached hydrogen (secondary N) is 1. The van der Waals surface area contributed by atoms with Crippen LogP contribution in [0.15, 0.2) is 47.4 Å². The van der Waals surface area contributed by atoms with E-state index in [0.29, 0.717) is 37.3 Å². The Bertz CT molecular complexity index is 1340. The average Bonchev–Trinajstić information content (AvgIpc) is 3.29. The Labute approximate surface area is 224 Å². The summed E-state index contributed by atoms with van der Waals surface area (Å²) in [5, 5.41) is 4.20. The molecule has 1 aliphatic heterocycles. The lowest BCUT2D eigenvalue weighted by Gasteiger charge is -2.34. The van der Waals surface area contributed by atoms with E-state index in [1.165, 1.54) is 11.1 Å². The zero-order valence-corrected chi connectivity index (χ0v) is 22.8. The van der Waals surface area contributed by atoms with Crippen LogP contribution >= 0.6 is 0 Å². The Hall–Kier alpha value is -3.39. The fourth-order valence-corrected chi connectivity index (χ4v) is 5.68. The third kappa shape index (κ3) is 5.70. The fraction of sp³-hybridized carbons (Fsp3) is 0.500. The molecule has 8 nitrogen and oxygen atoms in total. The largest absolute Gasteiger partial charge is 0.444 e. The van der Waals surface area contributed by atoms with E-state index in [9.17, 15) is 9.59 Å². The lowest BCUT2D eigenvalue weighted by atomic mass is 9.92. The maximum absolute atomic E-state index is 13.4. The Morgan fingerprint density at radius 1 is 1.11 bits per heavy atom. The number of hydrogen-bond donors (Lipinski definition) is 1. The van der Waals surface area contributed by atoms with Gasteiger partial charge in [0.25, 0.3) is 0 Å². The number of nitrogens with zero attached hydrogens (tertiary/aromatic N) is 3. The normalized spacial score (nSPS) is 16.6. The molecule has 0 bridgehead atoms. The summed E-state index contributed by atoms with van der Waals surface area (Å²) in [5.74, 6) is 0.152. The third-order valence-electron chi connectivity index (χ3n) is 7.48. The molecule has 0 atom stereocenters. The van der Waals surface area contributed by atoms with Crippen LogP contribution in [0.2, 0.25) is 0 Å². The van der Waals surface area contributed by atoms with Gasteiger partial charge in [-0.3, -0.25) is 4.79 Å². The number of carbonyl (C=O) groups is 1. The summed E-state index contributed by atoms with van der Waals surface area (Å²) >= 11 is 0. The predicted molar refractivity (Wildman–Crippen MR) is 149 cm³/mol. The van der Waals surface area contributed by atoms with Crippen molar-refractivity contribution in [3.8, 4) is 0 Å². The van der Waals surface area contributed by atoms with Crippen molar-refractivity contribution in [2.45, 2.75) is 70.6 Å². The van der Waals surface area contributed by atoms with Gasteiger partial charge < -0.3 is 24.3 Å². The summed E-state index contributed by atoms with van der Waals surface area (Å²) < 4.78 is 13.1. The van der Waals surface area contributed by atoms with E-state index in [0.717, 1.165) is 37.1 Å². The summed E-state index contributed by atoms with van der Waals surface area (Å²) in [6.45, 7) is 7.94. The quantitative estimate of drug-likeness (QED) is 0.508. The van der Waals surface area contributed by atoms with Crippen LogP contribution in [0.5, 0.6) is 0 Å². The molecule has 2 aliphatic rings. The first kappa shape index (κ1) is 26.2. The fourth-order valence-electron chi connectivity index (χ4n) is 5.68. The van der Waals surface area contributed by atoms with Gasteiger partial charge in [-0.25, -0.2) is 9.78 Å². The summed E-state index contributed by atoms with van der Waals surface area (Å²) in [6, 6.07) is 12.5. The van der Waals surface area contributed by atoms with Crippen molar-refractivity contribution in [2.24, 2.45) is 0 Å². The Morgan fingerprint density at radius 2 is 1.79 bits per heavy atom. The van der Waals surface area contributed by atoms with Gasteiger partial charge in [-0.15, -0.1) is 0 Å². The van der Waals surface area contributed by atoms with E-state index >= 15 is 0 Å². The maximum Gasteiger partial charge on any atom is 0.410 e. The summed E-state index contributed by atoms with van der Waals surface area (Å²) in [4.78, 5) is 32.4. The first-order chi connectivity index (χ1) is 18.2. The van der Waals surface area contributed by atoms with Gasteiger partial charge in [0.15, 0.2) is 5.43 Å². The number of amides is 1. The lowest BCUT2D eigenvalue weighted by Crippen LogP contribution is -2.41. The highest BCUT2D eigenvalue weighted by molar-refractivity contribution is 5.79. The van der Waals surface area contributed by atoms with Crippen molar-refractivity contribution >= 4 is 22.8 Å². The molecule has 0 saturated carbocycles. The zero-order valence-electron chi connectivity index (χ0n) is 22.8. The molecule has 8 heteroatoms. The average molecular weight is 519 g/mol. The summed E-state index contributed by atoms with van der Waals surface area (Å²) in [6.07, 6.45) is 5.01. The number of aromatic nitrogens is 2. The molecule has 1 aromatic carbocycles. The first-order valence-electron chi connectivity index (χ1n) is 13.6. The Morgan fingerprint density at radius 3 is 2.42 bits per heavy atom. The number of rotatable bonds is 6. The van der Waals surface area contributed by atoms with Gasteiger partial charge in [-0.1, -0.05) is 24.3 Å². The minimum atomic E-state index is -0.520. The number of carbonyl (C=O) groups excluding carboxylic acids is 1. The van der Waals surface area contributed by atoms with Crippen LogP contribution in [0.3, 0.4) is 0 Å². The second-order valence-electron chi connectivity index (χ2n) is 11.4. The number of methoxy groups -OCH3 is 1. The van der Waals surface area contributed by atoms with Crippen molar-refractivity contribution in [2.75, 3.05) is 32.1 Å². The van der Waals surface area contributed by atoms with E-state index in [4.69, 9.17) is 14.5 Å². The number of hydrogen-bond acceptors (Lipinski definition) is 6. The van der Waals surface area contributed by atoms with Crippen LogP contribution in [0.1, 0.15) is 56.4 Å². The Kier molecular flexibility index (Phi) is 7.43. The standard InChI is InChI=1S/C30H38N4O4/c1-30(2,3)38-29(36)33-11-9-20(10-12-33)26-18-27(35)25-17-24(19-31-28(25)34(26)13-14-37-4)32-23-15-21-7-5-6-8-22(21)16-23/h5-8,17-20,23,32H,9-16H2,1-4H3. The van der Waals surface area contributed by atoms with Crippen LogP contribution in [0.25, 0.3) is 11.0 Å². The molecule has 0 radical (unpaired) electrons. The topological polar surface area (TPSA) is 85.7 Å². The van der Waals surface area contributed by atoms with Gasteiger partial charge >= 0.3 is 6.09 Å². The highest BCUT2D eigenvalue weighted by Crippen LogP contribution is 2.31. The highest BCUT2D eigenvalue weighted by atomic mass is 16.6. The number of fused-ring (bicyclic) bond motifs is 2. The van der Waals surface area contributed by atoms with Gasteiger partial charge in [0.1, 0.15) is 11.2 Å². The second kappa shape index (κ2) is 10.8. The maximum atomic E-state index is 13.4. The monoisotopic (exact) mass is 518 g/mol. The van der Waals surface area contributed by atoms with E-state index in [1.54, 1.807) is 18.1 Å². The zero-order chi connectivity index (χ0) is 26.9. The van der Waals surface area contributed by atoms with Crippen LogP contribution in [-0.2, 0) is 28.9 Å². The van der Waals surface area contributed by atoms with Gasteiger partial charge in [0.2, 0.25) is 0 Å². The van der Waals surface area contributed by atoms with E-state index < -0.39 is 5.60 Å². The number of piperidine rings is 1. The highest BCUT2D eigenvalue weighted by Gasteiger charge is 2.29. The number of likely N-dealkylation sites (tertiary alicyclic amines) is 1. The van der Waals surface area contributed by atoms with Gasteiger partial charge in [0.05, 0.1) is 23.9 Å². The minimum Gasteiger partial charge on any atom is -0.444 e. The lowest BCUT2D eigenvalue weighted by molar-refractivity contribution is 0.0203. The molecule has 0 spiro atoms. The van der Waals surface area contributed by atoms with Gasteiger partial charge in [-0.2, -0.15) is 0 Å². The SMILES string of the molecule is COCCn1c(C2CCN(C(=O)OC(C)(C)C)CC2)cc(=O)c2cc(NC3Cc4ccccc4C3)cnc21. The molecule has 1 aliphatic carbocycles. The molecule has 202 valence electrons. The van der Waals surface area contributed by atoms with Gasteiger partial charge in [0, 0.05) is 50.5 Å². The molecule has 3 heterocycles. The van der Waals surface area contributed by atoms with Crippen molar-refractivity contribution < 1.29 is 14.3 Å².